The monoisotopic (exact) mass is 221 g/mol. The number of Topliss-reactive ketones (excluding diaryl/α,β-unsaturated/α-hetero) is 1. The van der Waals surface area contributed by atoms with E-state index in [0.29, 0.717) is 6.54 Å². The summed E-state index contributed by atoms with van der Waals surface area (Å²) in [5, 5.41) is 1.90. The van der Waals surface area contributed by atoms with Crippen LogP contribution in [0.1, 0.15) is 10.4 Å². The maximum Gasteiger partial charge on any atom is 0.191 e. The molecule has 0 amide bonds. The molecule has 1 aliphatic rings. The van der Waals surface area contributed by atoms with E-state index in [0.717, 1.165) is 21.7 Å². The average Bonchev–Trinajstić information content (AvgIpc) is 2.83. The van der Waals surface area contributed by atoms with E-state index in [1.54, 1.807) is 0 Å². The molecule has 0 radical (unpaired) electrons. The van der Waals surface area contributed by atoms with Crippen LogP contribution in [0.25, 0.3) is 5.57 Å². The van der Waals surface area contributed by atoms with E-state index in [-0.39, 0.29) is 5.78 Å². The van der Waals surface area contributed by atoms with Gasteiger partial charge in [-0.05, 0) is 6.07 Å². The number of hydrogen-bond donors (Lipinski definition) is 0. The van der Waals surface area contributed by atoms with E-state index < -0.39 is 0 Å². The zero-order valence-electron chi connectivity index (χ0n) is 9.26. The molecular weight excluding hydrogens is 210 g/mol. The molecular formula is C15H11NO. The number of nitrogens with zero attached hydrogens (tertiary/aromatic N) is 1. The molecule has 0 fully saturated rings. The molecule has 1 heterocycles. The molecule has 0 aromatic heterocycles. The molecule has 0 atom stereocenters. The minimum Gasteiger partial charge on any atom is -0.289 e. The van der Waals surface area contributed by atoms with Crippen molar-refractivity contribution in [3.63, 3.8) is 0 Å². The van der Waals surface area contributed by atoms with Gasteiger partial charge in [0.2, 0.25) is 0 Å². The number of rotatable bonds is 2. The number of hydrogen-bond acceptors (Lipinski definition) is 2. The van der Waals surface area contributed by atoms with Crippen LogP contribution in [0, 0.1) is 0 Å². The molecule has 0 bridgehead atoms. The quantitative estimate of drug-likeness (QED) is 0.704. The second kappa shape index (κ2) is 3.98. The Morgan fingerprint density at radius 3 is 2.47 bits per heavy atom. The van der Waals surface area contributed by atoms with Crippen molar-refractivity contribution in [1.29, 1.82) is 0 Å². The van der Waals surface area contributed by atoms with Crippen molar-refractivity contribution < 1.29 is 4.79 Å². The molecule has 3 rings (SSSR count). The molecule has 0 N–H and O–H groups in total. The Morgan fingerprint density at radius 1 is 0.941 bits per heavy atom. The number of para-hydroxylation sites is 1. The van der Waals surface area contributed by atoms with E-state index in [2.05, 4.69) is 4.99 Å². The Labute approximate surface area is 98.9 Å². The molecule has 2 aromatic carbocycles. The number of carbonyl (C=O) groups excluding carboxylic acids is 1. The first kappa shape index (κ1) is 9.97. The van der Waals surface area contributed by atoms with Crippen molar-refractivity contribution in [2.45, 2.75) is 0 Å². The fourth-order valence-electron chi connectivity index (χ4n) is 2.07. The van der Waals surface area contributed by atoms with Crippen molar-refractivity contribution in [2.24, 2.45) is 4.99 Å². The van der Waals surface area contributed by atoms with Crippen LogP contribution >= 0.6 is 0 Å². The summed E-state index contributed by atoms with van der Waals surface area (Å²) in [4.78, 5) is 16.7. The maximum absolute atomic E-state index is 12.3. The van der Waals surface area contributed by atoms with Crippen LogP contribution in [0.4, 0.5) is 0 Å². The number of carbonyl (C=O) groups is 1. The van der Waals surface area contributed by atoms with Crippen molar-refractivity contribution >= 4 is 11.4 Å². The second-order valence-electron chi connectivity index (χ2n) is 4.01. The zero-order valence-corrected chi connectivity index (χ0v) is 9.26. The molecule has 0 saturated carbocycles. The molecule has 0 saturated heterocycles. The van der Waals surface area contributed by atoms with Crippen molar-refractivity contribution in [1.82, 2.24) is 0 Å². The first-order valence-corrected chi connectivity index (χ1v) is 5.59. The summed E-state index contributed by atoms with van der Waals surface area (Å²) in [5.74, 6) is 0.0827. The summed E-state index contributed by atoms with van der Waals surface area (Å²) < 4.78 is 0. The lowest BCUT2D eigenvalue weighted by Crippen LogP contribution is -2.24. The SMILES string of the molecule is O=C(C1=c2ccccc2=NC1)c1ccccc1. The van der Waals surface area contributed by atoms with E-state index >= 15 is 0 Å². The molecule has 1 aliphatic heterocycles. The van der Waals surface area contributed by atoms with Crippen molar-refractivity contribution in [2.75, 3.05) is 6.54 Å². The van der Waals surface area contributed by atoms with E-state index in [9.17, 15) is 4.79 Å². The molecule has 2 heteroatoms. The first-order valence-electron chi connectivity index (χ1n) is 5.59. The van der Waals surface area contributed by atoms with Crippen LogP contribution in [0.2, 0.25) is 0 Å². The van der Waals surface area contributed by atoms with Gasteiger partial charge in [0.25, 0.3) is 0 Å². The van der Waals surface area contributed by atoms with Gasteiger partial charge in [-0.25, -0.2) is 0 Å². The third-order valence-electron chi connectivity index (χ3n) is 2.95. The highest BCUT2D eigenvalue weighted by Crippen LogP contribution is 2.09. The van der Waals surface area contributed by atoms with Crippen LogP contribution in [0.5, 0.6) is 0 Å². The summed E-state index contributed by atoms with van der Waals surface area (Å²) in [7, 11) is 0. The topological polar surface area (TPSA) is 29.4 Å². The number of fused-ring (bicyclic) bond motifs is 1. The normalized spacial score (nSPS) is 13.1. The first-order chi connectivity index (χ1) is 8.36. The standard InChI is InChI=1S/C15H11NO/c17-15(11-6-2-1-3-7-11)13-10-16-14-9-5-4-8-12(13)14/h1-9H,10H2. The Hall–Kier alpha value is -2.22. The lowest BCUT2D eigenvalue weighted by Gasteiger charge is -2.00. The third kappa shape index (κ3) is 1.68. The second-order valence-corrected chi connectivity index (χ2v) is 4.01. The largest absolute Gasteiger partial charge is 0.289 e. The van der Waals surface area contributed by atoms with Gasteiger partial charge in [-0.15, -0.1) is 0 Å². The van der Waals surface area contributed by atoms with Crippen LogP contribution in [0.3, 0.4) is 0 Å². The molecule has 17 heavy (non-hydrogen) atoms. The highest BCUT2D eigenvalue weighted by molar-refractivity contribution is 6.25. The van der Waals surface area contributed by atoms with Gasteiger partial charge < -0.3 is 0 Å². The van der Waals surface area contributed by atoms with Gasteiger partial charge >= 0.3 is 0 Å². The molecule has 0 spiro atoms. The van der Waals surface area contributed by atoms with E-state index in [1.807, 2.05) is 54.6 Å². The van der Waals surface area contributed by atoms with Gasteiger partial charge in [0, 0.05) is 16.4 Å². The minimum atomic E-state index is 0.0827. The average molecular weight is 221 g/mol. The van der Waals surface area contributed by atoms with Gasteiger partial charge in [0.15, 0.2) is 5.78 Å². The van der Waals surface area contributed by atoms with Gasteiger partial charge in [-0.3, -0.25) is 9.79 Å². The fraction of sp³-hybridized carbons (Fsp3) is 0.0667. The van der Waals surface area contributed by atoms with E-state index in [1.165, 1.54) is 0 Å². The van der Waals surface area contributed by atoms with Gasteiger partial charge in [0.05, 0.1) is 11.9 Å². The van der Waals surface area contributed by atoms with Crippen LogP contribution < -0.4 is 10.6 Å². The van der Waals surface area contributed by atoms with Gasteiger partial charge in [0.1, 0.15) is 0 Å². The molecule has 0 aliphatic carbocycles. The molecule has 82 valence electrons. The fourth-order valence-corrected chi connectivity index (χ4v) is 2.07. The van der Waals surface area contributed by atoms with Crippen LogP contribution in [-0.4, -0.2) is 12.3 Å². The Kier molecular flexibility index (Phi) is 2.33. The smallest absolute Gasteiger partial charge is 0.191 e. The summed E-state index contributed by atoms with van der Waals surface area (Å²) in [5.41, 5.74) is 1.53. The summed E-state index contributed by atoms with van der Waals surface area (Å²) in [6, 6.07) is 17.2. The molecule has 2 nitrogen and oxygen atoms in total. The summed E-state index contributed by atoms with van der Waals surface area (Å²) in [6.45, 7) is 0.493. The van der Waals surface area contributed by atoms with Crippen LogP contribution in [0.15, 0.2) is 59.6 Å². The van der Waals surface area contributed by atoms with Crippen molar-refractivity contribution in [3.8, 4) is 0 Å². The predicted molar refractivity (Wildman–Crippen MR) is 66.3 cm³/mol. The minimum absolute atomic E-state index is 0.0827. The van der Waals surface area contributed by atoms with Gasteiger partial charge in [-0.1, -0.05) is 48.5 Å². The Bertz CT molecular complexity index is 686. The highest BCUT2D eigenvalue weighted by Gasteiger charge is 2.15. The maximum atomic E-state index is 12.3. The lowest BCUT2D eigenvalue weighted by molar-refractivity contribution is 0.105. The molecule has 2 aromatic rings. The zero-order chi connectivity index (χ0) is 11.7. The Morgan fingerprint density at radius 2 is 1.65 bits per heavy atom. The third-order valence-corrected chi connectivity index (χ3v) is 2.95. The molecule has 0 unspecified atom stereocenters. The highest BCUT2D eigenvalue weighted by atomic mass is 16.1. The van der Waals surface area contributed by atoms with Gasteiger partial charge in [-0.2, -0.15) is 0 Å². The summed E-state index contributed by atoms with van der Waals surface area (Å²) in [6.07, 6.45) is 0. The number of ketones is 1. The summed E-state index contributed by atoms with van der Waals surface area (Å²) >= 11 is 0. The lowest BCUT2D eigenvalue weighted by atomic mass is 10.0. The van der Waals surface area contributed by atoms with E-state index in [4.69, 9.17) is 0 Å². The van der Waals surface area contributed by atoms with Crippen LogP contribution in [-0.2, 0) is 0 Å². The predicted octanol–water partition coefficient (Wildman–Crippen LogP) is 1.35. The van der Waals surface area contributed by atoms with Crippen molar-refractivity contribution in [3.05, 3.63) is 70.7 Å². The number of benzene rings is 2. The Balaban J connectivity index is 2.16.